The molecule has 2 aromatic rings. The van der Waals surface area contributed by atoms with Gasteiger partial charge in [-0.05, 0) is 37.3 Å². The first-order chi connectivity index (χ1) is 10.1. The first-order valence-electron chi connectivity index (χ1n) is 7.86. The summed E-state index contributed by atoms with van der Waals surface area (Å²) in [6, 6.07) is 4.37. The largest absolute Gasteiger partial charge is 0.353 e. The molecule has 4 nitrogen and oxygen atoms in total. The number of rotatable bonds is 3. The van der Waals surface area contributed by atoms with E-state index in [0.717, 1.165) is 23.3 Å². The van der Waals surface area contributed by atoms with Crippen LogP contribution in [0.1, 0.15) is 43.9 Å². The van der Waals surface area contributed by atoms with Crippen molar-refractivity contribution in [1.29, 1.82) is 0 Å². The number of fused-ring (bicyclic) bond motifs is 1. The van der Waals surface area contributed by atoms with Gasteiger partial charge < -0.3 is 9.72 Å². The predicted molar refractivity (Wildman–Crippen MR) is 83.2 cm³/mol. The normalized spacial score (nSPS) is 22.4. The smallest absolute Gasteiger partial charge is 0.226 e. The van der Waals surface area contributed by atoms with Gasteiger partial charge in [0.25, 0.3) is 0 Å². The third-order valence-corrected chi connectivity index (χ3v) is 4.53. The van der Waals surface area contributed by atoms with E-state index in [9.17, 15) is 4.79 Å². The summed E-state index contributed by atoms with van der Waals surface area (Å²) in [5.74, 6) is 0.681. The zero-order chi connectivity index (χ0) is 14.8. The predicted octanol–water partition coefficient (Wildman–Crippen LogP) is 2.88. The number of imidazole rings is 1. The van der Waals surface area contributed by atoms with E-state index in [0.29, 0.717) is 18.4 Å². The van der Waals surface area contributed by atoms with Gasteiger partial charge in [-0.15, -0.1) is 0 Å². The summed E-state index contributed by atoms with van der Waals surface area (Å²) in [7, 11) is 0. The fourth-order valence-electron chi connectivity index (χ4n) is 3.24. The van der Waals surface area contributed by atoms with Crippen LogP contribution in [0.3, 0.4) is 0 Å². The molecule has 1 amide bonds. The minimum Gasteiger partial charge on any atom is -0.353 e. The monoisotopic (exact) mass is 285 g/mol. The lowest BCUT2D eigenvalue weighted by Crippen LogP contribution is -2.41. The van der Waals surface area contributed by atoms with Gasteiger partial charge in [0, 0.05) is 18.4 Å². The molecule has 1 aliphatic rings. The van der Waals surface area contributed by atoms with Crippen LogP contribution >= 0.6 is 0 Å². The fourth-order valence-corrected chi connectivity index (χ4v) is 3.24. The van der Waals surface area contributed by atoms with Gasteiger partial charge >= 0.3 is 0 Å². The molecule has 2 atom stereocenters. The van der Waals surface area contributed by atoms with Crippen molar-refractivity contribution >= 4 is 11.6 Å². The number of carbonyl (C=O) groups is 1. The number of carbonyl (C=O) groups excluding carboxylic acids is 1. The molecule has 0 aliphatic heterocycles. The molecule has 4 heteroatoms. The second-order valence-electron chi connectivity index (χ2n) is 6.27. The molecule has 0 aromatic carbocycles. The Morgan fingerprint density at radius 2 is 2.24 bits per heavy atom. The van der Waals surface area contributed by atoms with Crippen molar-refractivity contribution in [3.05, 3.63) is 35.8 Å². The van der Waals surface area contributed by atoms with Crippen LogP contribution in [0.25, 0.3) is 5.65 Å². The van der Waals surface area contributed by atoms with Gasteiger partial charge in [0.2, 0.25) is 5.91 Å². The summed E-state index contributed by atoms with van der Waals surface area (Å²) in [5.41, 5.74) is 2.90. The molecule has 1 fully saturated rings. The Morgan fingerprint density at radius 1 is 1.43 bits per heavy atom. The zero-order valence-corrected chi connectivity index (χ0v) is 12.8. The van der Waals surface area contributed by atoms with E-state index in [4.69, 9.17) is 0 Å². The number of aryl methyl sites for hydroxylation is 1. The molecule has 2 unspecified atom stereocenters. The zero-order valence-electron chi connectivity index (χ0n) is 12.8. The summed E-state index contributed by atoms with van der Waals surface area (Å²) in [6.45, 7) is 4.27. The maximum atomic E-state index is 12.2. The molecule has 2 aromatic heterocycles. The van der Waals surface area contributed by atoms with Gasteiger partial charge in [-0.3, -0.25) is 4.79 Å². The van der Waals surface area contributed by atoms with Gasteiger partial charge in [0.1, 0.15) is 5.65 Å². The highest BCUT2D eigenvalue weighted by molar-refractivity contribution is 5.78. The van der Waals surface area contributed by atoms with E-state index in [-0.39, 0.29) is 5.91 Å². The molecular weight excluding hydrogens is 262 g/mol. The Hall–Kier alpha value is -1.84. The molecule has 0 saturated heterocycles. The van der Waals surface area contributed by atoms with Crippen molar-refractivity contribution in [2.75, 3.05) is 0 Å². The number of amides is 1. The fraction of sp³-hybridized carbons (Fsp3) is 0.529. The Labute approximate surface area is 125 Å². The highest BCUT2D eigenvalue weighted by Gasteiger charge is 2.23. The maximum absolute atomic E-state index is 12.2. The van der Waals surface area contributed by atoms with Crippen LogP contribution < -0.4 is 5.32 Å². The van der Waals surface area contributed by atoms with Gasteiger partial charge in [0.15, 0.2) is 0 Å². The van der Waals surface area contributed by atoms with Gasteiger partial charge in [-0.25, -0.2) is 4.98 Å². The minimum atomic E-state index is 0.0924. The molecule has 1 N–H and O–H groups in total. The first kappa shape index (κ1) is 14.1. The van der Waals surface area contributed by atoms with Crippen molar-refractivity contribution in [1.82, 2.24) is 14.7 Å². The Balaban J connectivity index is 1.67. The van der Waals surface area contributed by atoms with Crippen LogP contribution in [0, 0.1) is 12.8 Å². The maximum Gasteiger partial charge on any atom is 0.226 e. The minimum absolute atomic E-state index is 0.0924. The molecule has 0 bridgehead atoms. The van der Waals surface area contributed by atoms with Gasteiger partial charge in [0.05, 0.1) is 12.1 Å². The molecule has 3 rings (SSSR count). The molecule has 112 valence electrons. The standard InChI is InChI=1S/C17H23N3O/c1-12-6-3-4-8-15(12)19-16(21)10-14-11-20-9-5-7-13(2)17(20)18-14/h5,7,9,11-12,15H,3-4,6,8,10H2,1-2H3,(H,19,21). The number of hydrogen-bond donors (Lipinski definition) is 1. The quantitative estimate of drug-likeness (QED) is 0.942. The molecule has 0 radical (unpaired) electrons. The van der Waals surface area contributed by atoms with Crippen molar-refractivity contribution in [3.63, 3.8) is 0 Å². The van der Waals surface area contributed by atoms with Crippen LogP contribution in [0.4, 0.5) is 0 Å². The van der Waals surface area contributed by atoms with Crippen LogP contribution in [0.15, 0.2) is 24.5 Å². The summed E-state index contributed by atoms with van der Waals surface area (Å²) in [6.07, 6.45) is 9.13. The second kappa shape index (κ2) is 5.88. The third kappa shape index (κ3) is 3.09. The van der Waals surface area contributed by atoms with Crippen LogP contribution in [-0.2, 0) is 11.2 Å². The molecule has 2 heterocycles. The average molecular weight is 285 g/mol. The van der Waals surface area contributed by atoms with Crippen molar-refractivity contribution in [2.45, 2.75) is 52.0 Å². The van der Waals surface area contributed by atoms with Crippen LogP contribution in [0.2, 0.25) is 0 Å². The van der Waals surface area contributed by atoms with Crippen LogP contribution in [-0.4, -0.2) is 21.3 Å². The Bertz CT molecular complexity index is 647. The number of hydrogen-bond acceptors (Lipinski definition) is 2. The van der Waals surface area contributed by atoms with Gasteiger partial charge in [-0.1, -0.05) is 25.8 Å². The van der Waals surface area contributed by atoms with E-state index in [1.54, 1.807) is 0 Å². The SMILES string of the molecule is Cc1cccn2cc(CC(=O)NC3CCCCC3C)nc12. The molecule has 1 saturated carbocycles. The topological polar surface area (TPSA) is 46.4 Å². The van der Waals surface area contributed by atoms with Crippen LogP contribution in [0.5, 0.6) is 0 Å². The summed E-state index contributed by atoms with van der Waals surface area (Å²) >= 11 is 0. The van der Waals surface area contributed by atoms with Crippen molar-refractivity contribution in [2.24, 2.45) is 5.92 Å². The highest BCUT2D eigenvalue weighted by Crippen LogP contribution is 2.23. The van der Waals surface area contributed by atoms with E-state index in [1.807, 2.05) is 35.9 Å². The number of pyridine rings is 1. The number of nitrogens with zero attached hydrogens (tertiary/aromatic N) is 2. The number of nitrogens with one attached hydrogen (secondary N) is 1. The summed E-state index contributed by atoms with van der Waals surface area (Å²) < 4.78 is 1.99. The van der Waals surface area contributed by atoms with Crippen molar-refractivity contribution in [3.8, 4) is 0 Å². The van der Waals surface area contributed by atoms with E-state index >= 15 is 0 Å². The molecule has 1 aliphatic carbocycles. The number of aromatic nitrogens is 2. The van der Waals surface area contributed by atoms with E-state index < -0.39 is 0 Å². The lowest BCUT2D eigenvalue weighted by molar-refractivity contribution is -0.121. The molecular formula is C17H23N3O. The Morgan fingerprint density at radius 3 is 3.00 bits per heavy atom. The third-order valence-electron chi connectivity index (χ3n) is 4.53. The first-order valence-corrected chi connectivity index (χ1v) is 7.86. The second-order valence-corrected chi connectivity index (χ2v) is 6.27. The average Bonchev–Trinajstić information content (AvgIpc) is 2.85. The Kier molecular flexibility index (Phi) is 3.95. The van der Waals surface area contributed by atoms with Crippen molar-refractivity contribution < 1.29 is 4.79 Å². The highest BCUT2D eigenvalue weighted by atomic mass is 16.1. The van der Waals surface area contributed by atoms with E-state index in [2.05, 4.69) is 17.2 Å². The van der Waals surface area contributed by atoms with Gasteiger partial charge in [-0.2, -0.15) is 0 Å². The summed E-state index contributed by atoms with van der Waals surface area (Å²) in [4.78, 5) is 16.8. The lowest BCUT2D eigenvalue weighted by atomic mass is 9.86. The molecule has 21 heavy (non-hydrogen) atoms. The van der Waals surface area contributed by atoms with E-state index in [1.165, 1.54) is 19.3 Å². The lowest BCUT2D eigenvalue weighted by Gasteiger charge is -2.29. The molecule has 0 spiro atoms. The summed E-state index contributed by atoms with van der Waals surface area (Å²) in [5, 5.41) is 3.19.